The molecule has 0 saturated heterocycles. The number of carboxylic acid groups (broad SMARTS) is 1. The van der Waals surface area contributed by atoms with Gasteiger partial charge in [-0.25, -0.2) is 0 Å². The van der Waals surface area contributed by atoms with Crippen molar-refractivity contribution in [2.75, 3.05) is 18.5 Å². The smallest absolute Gasteiger partial charge is 0.322 e. The van der Waals surface area contributed by atoms with E-state index in [1.807, 2.05) is 32.0 Å². The lowest BCUT2D eigenvalue weighted by Crippen LogP contribution is -2.30. The molecule has 0 radical (unpaired) electrons. The van der Waals surface area contributed by atoms with E-state index in [4.69, 9.17) is 9.84 Å². The van der Waals surface area contributed by atoms with Gasteiger partial charge in [-0.15, -0.1) is 0 Å². The summed E-state index contributed by atoms with van der Waals surface area (Å²) in [6.07, 6.45) is 0.290. The molecule has 0 aromatic heterocycles. The SMILES string of the molecule is Cc1ccc(OCCC(=O)Nc2ccc(CC(=O)NCC(=O)O)cc2)c(C)c1. The van der Waals surface area contributed by atoms with E-state index in [9.17, 15) is 14.4 Å². The van der Waals surface area contributed by atoms with E-state index in [1.54, 1.807) is 24.3 Å². The first-order valence-corrected chi connectivity index (χ1v) is 8.91. The zero-order valence-corrected chi connectivity index (χ0v) is 16.0. The predicted octanol–water partition coefficient (Wildman–Crippen LogP) is 2.45. The minimum Gasteiger partial charge on any atom is -0.493 e. The number of benzene rings is 2. The highest BCUT2D eigenvalue weighted by Crippen LogP contribution is 2.19. The molecule has 0 unspecified atom stereocenters. The third kappa shape index (κ3) is 7.11. The van der Waals surface area contributed by atoms with Gasteiger partial charge in [-0.3, -0.25) is 14.4 Å². The van der Waals surface area contributed by atoms with Crippen LogP contribution in [0.3, 0.4) is 0 Å². The number of aryl methyl sites for hydroxylation is 2. The average Bonchev–Trinajstić information content (AvgIpc) is 2.63. The predicted molar refractivity (Wildman–Crippen MR) is 105 cm³/mol. The van der Waals surface area contributed by atoms with Crippen LogP contribution < -0.4 is 15.4 Å². The molecule has 148 valence electrons. The van der Waals surface area contributed by atoms with Crippen molar-refractivity contribution < 1.29 is 24.2 Å². The van der Waals surface area contributed by atoms with Gasteiger partial charge in [-0.1, -0.05) is 29.8 Å². The fourth-order valence-electron chi connectivity index (χ4n) is 2.57. The number of hydrogen-bond acceptors (Lipinski definition) is 4. The lowest BCUT2D eigenvalue weighted by atomic mass is 10.1. The van der Waals surface area contributed by atoms with E-state index in [-0.39, 0.29) is 31.3 Å². The number of amides is 2. The first-order valence-electron chi connectivity index (χ1n) is 8.91. The summed E-state index contributed by atoms with van der Waals surface area (Å²) in [6, 6.07) is 12.7. The molecule has 0 heterocycles. The van der Waals surface area contributed by atoms with Crippen LogP contribution in [0.15, 0.2) is 42.5 Å². The molecule has 0 fully saturated rings. The molecule has 0 aliphatic rings. The van der Waals surface area contributed by atoms with Gasteiger partial charge in [0.1, 0.15) is 12.3 Å². The minimum atomic E-state index is -1.09. The van der Waals surface area contributed by atoms with Gasteiger partial charge in [0.2, 0.25) is 11.8 Å². The number of nitrogens with one attached hydrogen (secondary N) is 2. The zero-order valence-electron chi connectivity index (χ0n) is 16.0. The molecule has 0 bridgehead atoms. The summed E-state index contributed by atoms with van der Waals surface area (Å²) in [4.78, 5) is 34.1. The Balaban J connectivity index is 1.76. The van der Waals surface area contributed by atoms with Crippen molar-refractivity contribution in [1.82, 2.24) is 5.32 Å². The van der Waals surface area contributed by atoms with Crippen LogP contribution in [0, 0.1) is 13.8 Å². The number of ether oxygens (including phenoxy) is 1. The fraction of sp³-hybridized carbons (Fsp3) is 0.286. The van der Waals surface area contributed by atoms with Crippen molar-refractivity contribution in [1.29, 1.82) is 0 Å². The number of carbonyl (C=O) groups excluding carboxylic acids is 2. The molecular formula is C21H24N2O5. The van der Waals surface area contributed by atoms with Gasteiger partial charge < -0.3 is 20.5 Å². The largest absolute Gasteiger partial charge is 0.493 e. The fourth-order valence-corrected chi connectivity index (χ4v) is 2.57. The molecule has 0 aliphatic carbocycles. The van der Waals surface area contributed by atoms with Crippen LogP contribution >= 0.6 is 0 Å². The van der Waals surface area contributed by atoms with Gasteiger partial charge in [0.15, 0.2) is 0 Å². The van der Waals surface area contributed by atoms with Crippen molar-refractivity contribution in [3.63, 3.8) is 0 Å². The molecule has 0 aliphatic heterocycles. The molecule has 2 aromatic rings. The normalized spacial score (nSPS) is 10.2. The number of aliphatic carboxylic acids is 1. The van der Waals surface area contributed by atoms with Gasteiger partial charge in [0.25, 0.3) is 0 Å². The van der Waals surface area contributed by atoms with Gasteiger partial charge >= 0.3 is 5.97 Å². The minimum absolute atomic E-state index is 0.0747. The van der Waals surface area contributed by atoms with Crippen LogP contribution in [0.1, 0.15) is 23.1 Å². The monoisotopic (exact) mass is 384 g/mol. The molecule has 0 atom stereocenters. The number of carbonyl (C=O) groups is 3. The van der Waals surface area contributed by atoms with E-state index in [1.165, 1.54) is 0 Å². The molecular weight excluding hydrogens is 360 g/mol. The topological polar surface area (TPSA) is 105 Å². The van der Waals surface area contributed by atoms with Gasteiger partial charge in [-0.2, -0.15) is 0 Å². The summed E-state index contributed by atoms with van der Waals surface area (Å²) >= 11 is 0. The Bertz CT molecular complexity index is 846. The van der Waals surface area contributed by atoms with Crippen LogP contribution in [0.25, 0.3) is 0 Å². The second-order valence-corrected chi connectivity index (χ2v) is 6.46. The van der Waals surface area contributed by atoms with Crippen LogP contribution in [-0.2, 0) is 20.8 Å². The Morgan fingerprint density at radius 1 is 1.00 bits per heavy atom. The molecule has 2 aromatic carbocycles. The quantitative estimate of drug-likeness (QED) is 0.616. The summed E-state index contributed by atoms with van der Waals surface area (Å²) in [7, 11) is 0. The molecule has 0 saturated carbocycles. The Morgan fingerprint density at radius 2 is 1.71 bits per heavy atom. The first-order chi connectivity index (χ1) is 13.3. The summed E-state index contributed by atoms with van der Waals surface area (Å²) in [5.74, 6) is -0.865. The van der Waals surface area contributed by atoms with Crippen LogP contribution in [-0.4, -0.2) is 36.0 Å². The third-order valence-electron chi connectivity index (χ3n) is 3.96. The first kappa shape index (κ1) is 21.0. The number of hydrogen-bond donors (Lipinski definition) is 3. The molecule has 2 amide bonds. The number of carboxylic acids is 1. The molecule has 28 heavy (non-hydrogen) atoms. The lowest BCUT2D eigenvalue weighted by molar-refractivity contribution is -0.137. The van der Waals surface area contributed by atoms with Gasteiger partial charge in [-0.05, 0) is 43.2 Å². The highest BCUT2D eigenvalue weighted by atomic mass is 16.5. The average molecular weight is 384 g/mol. The maximum absolute atomic E-state index is 12.0. The zero-order chi connectivity index (χ0) is 20.5. The second-order valence-electron chi connectivity index (χ2n) is 6.46. The molecule has 7 nitrogen and oxygen atoms in total. The van der Waals surface area contributed by atoms with E-state index < -0.39 is 12.5 Å². The van der Waals surface area contributed by atoms with E-state index in [0.29, 0.717) is 5.69 Å². The summed E-state index contributed by atoms with van der Waals surface area (Å²) in [5, 5.41) is 13.6. The summed E-state index contributed by atoms with van der Waals surface area (Å²) in [6.45, 7) is 3.85. The van der Waals surface area contributed by atoms with E-state index >= 15 is 0 Å². The van der Waals surface area contributed by atoms with Gasteiger partial charge in [0.05, 0.1) is 19.4 Å². The maximum Gasteiger partial charge on any atom is 0.322 e. The highest BCUT2D eigenvalue weighted by molar-refractivity contribution is 5.91. The van der Waals surface area contributed by atoms with Crippen molar-refractivity contribution in [3.8, 4) is 5.75 Å². The van der Waals surface area contributed by atoms with E-state index in [0.717, 1.165) is 22.4 Å². The summed E-state index contributed by atoms with van der Waals surface area (Å²) < 4.78 is 5.66. The van der Waals surface area contributed by atoms with Crippen LogP contribution in [0.2, 0.25) is 0 Å². The van der Waals surface area contributed by atoms with Crippen LogP contribution in [0.5, 0.6) is 5.75 Å². The summed E-state index contributed by atoms with van der Waals surface area (Å²) in [5.41, 5.74) is 3.53. The van der Waals surface area contributed by atoms with Crippen molar-refractivity contribution in [2.45, 2.75) is 26.7 Å². The Kier molecular flexibility index (Phi) is 7.56. The highest BCUT2D eigenvalue weighted by Gasteiger charge is 2.07. The van der Waals surface area contributed by atoms with Crippen molar-refractivity contribution >= 4 is 23.5 Å². The molecule has 3 N–H and O–H groups in total. The Morgan fingerprint density at radius 3 is 2.36 bits per heavy atom. The molecule has 2 rings (SSSR count). The molecule has 7 heteroatoms. The van der Waals surface area contributed by atoms with Crippen molar-refractivity contribution in [2.24, 2.45) is 0 Å². The second kappa shape index (κ2) is 10.1. The third-order valence-corrected chi connectivity index (χ3v) is 3.96. The Hall–Kier alpha value is -3.35. The van der Waals surface area contributed by atoms with Crippen LogP contribution in [0.4, 0.5) is 5.69 Å². The van der Waals surface area contributed by atoms with Gasteiger partial charge in [0, 0.05) is 5.69 Å². The maximum atomic E-state index is 12.0. The number of rotatable bonds is 9. The van der Waals surface area contributed by atoms with Crippen molar-refractivity contribution in [3.05, 3.63) is 59.2 Å². The number of anilines is 1. The molecule has 0 spiro atoms. The standard InChI is InChI=1S/C21H24N2O5/c1-14-3-8-18(15(2)11-14)28-10-9-19(24)23-17-6-4-16(5-7-17)12-20(25)22-13-21(26)27/h3-8,11H,9-10,12-13H2,1-2H3,(H,22,25)(H,23,24)(H,26,27). The Labute approximate surface area is 163 Å². The van der Waals surface area contributed by atoms with E-state index in [2.05, 4.69) is 10.6 Å². The lowest BCUT2D eigenvalue weighted by Gasteiger charge is -2.10.